The molecule has 1 unspecified atom stereocenters. The molecule has 4 amide bonds. The summed E-state index contributed by atoms with van der Waals surface area (Å²) in [6, 6.07) is -2.64. The summed E-state index contributed by atoms with van der Waals surface area (Å²) in [6.07, 6.45) is 3.19. The second kappa shape index (κ2) is 7.34. The second-order valence-electron chi connectivity index (χ2n) is 6.49. The van der Waals surface area contributed by atoms with E-state index in [1.54, 1.807) is 0 Å². The maximum absolute atomic E-state index is 12.3. The van der Waals surface area contributed by atoms with Crippen LogP contribution in [0.5, 0.6) is 0 Å². The number of nitrogens with zero attached hydrogens (tertiary/aromatic N) is 2. The Bertz CT molecular complexity index is 693. The number of carbonyl (C=O) groups excluding carboxylic acids is 3. The van der Waals surface area contributed by atoms with Gasteiger partial charge in [-0.05, 0) is 32.2 Å². The van der Waals surface area contributed by atoms with E-state index in [-0.39, 0.29) is 24.9 Å². The summed E-state index contributed by atoms with van der Waals surface area (Å²) in [5, 5.41) is 3.61. The number of hydrogen-bond acceptors (Lipinski definition) is 7. The maximum Gasteiger partial charge on any atom is 0.418 e. The number of hydrogen-bond donors (Lipinski definition) is 4. The first-order chi connectivity index (χ1) is 12.3. The Balaban J connectivity index is 1.56. The molecule has 26 heavy (non-hydrogen) atoms. The molecule has 12 nitrogen and oxygen atoms in total. The third-order valence-electron chi connectivity index (χ3n) is 4.74. The third kappa shape index (κ3) is 4.06. The van der Waals surface area contributed by atoms with Gasteiger partial charge >= 0.3 is 16.4 Å². The van der Waals surface area contributed by atoms with E-state index in [1.165, 1.54) is 0 Å². The van der Waals surface area contributed by atoms with Crippen molar-refractivity contribution < 1.29 is 31.6 Å². The van der Waals surface area contributed by atoms with Crippen LogP contribution in [0.15, 0.2) is 0 Å². The Morgan fingerprint density at radius 3 is 2.54 bits per heavy atom. The predicted molar refractivity (Wildman–Crippen MR) is 85.3 cm³/mol. The van der Waals surface area contributed by atoms with E-state index in [4.69, 9.17) is 4.55 Å². The number of carbonyl (C=O) groups is 3. The predicted octanol–water partition coefficient (Wildman–Crippen LogP) is -1.72. The summed E-state index contributed by atoms with van der Waals surface area (Å²) < 4.78 is 34.8. The number of hydroxylamine groups is 2. The number of nitrogens with one attached hydrogen (secondary N) is 3. The molecule has 3 saturated heterocycles. The van der Waals surface area contributed by atoms with E-state index >= 15 is 0 Å². The molecule has 0 aliphatic carbocycles. The van der Waals surface area contributed by atoms with E-state index in [2.05, 4.69) is 20.5 Å². The Morgan fingerprint density at radius 1 is 1.15 bits per heavy atom. The molecule has 4 N–H and O–H groups in total. The number of urea groups is 1. The highest BCUT2D eigenvalue weighted by Gasteiger charge is 2.49. The average molecular weight is 391 g/mol. The molecule has 0 aromatic rings. The number of amides is 4. The Hall–Kier alpha value is -1.96. The average Bonchev–Trinajstić information content (AvgIpc) is 2.84. The van der Waals surface area contributed by atoms with Gasteiger partial charge in [-0.2, -0.15) is 13.5 Å². The molecule has 3 heterocycles. The molecule has 0 radical (unpaired) electrons. The zero-order valence-electron chi connectivity index (χ0n) is 13.9. The van der Waals surface area contributed by atoms with Crippen molar-refractivity contribution in [3.05, 3.63) is 0 Å². The van der Waals surface area contributed by atoms with Crippen molar-refractivity contribution in [1.29, 1.82) is 0 Å². The Kier molecular flexibility index (Phi) is 5.32. The van der Waals surface area contributed by atoms with E-state index < -0.39 is 34.4 Å². The molecule has 0 aromatic carbocycles. The molecule has 2 bridgehead atoms. The largest absolute Gasteiger partial charge is 0.418 e. The summed E-state index contributed by atoms with van der Waals surface area (Å²) >= 11 is 0. The third-order valence-corrected chi connectivity index (χ3v) is 5.08. The molecule has 3 fully saturated rings. The molecule has 146 valence electrons. The van der Waals surface area contributed by atoms with Crippen LogP contribution in [0, 0.1) is 0 Å². The van der Waals surface area contributed by atoms with E-state index in [0.717, 1.165) is 24.3 Å². The van der Waals surface area contributed by atoms with Gasteiger partial charge in [0.05, 0.1) is 12.1 Å². The first-order valence-corrected chi connectivity index (χ1v) is 9.73. The maximum atomic E-state index is 12.3. The quantitative estimate of drug-likeness (QED) is 0.325. The Morgan fingerprint density at radius 2 is 1.88 bits per heavy atom. The fourth-order valence-corrected chi connectivity index (χ4v) is 3.86. The number of rotatable bonds is 4. The highest BCUT2D eigenvalue weighted by Crippen LogP contribution is 2.30. The van der Waals surface area contributed by atoms with Gasteiger partial charge < -0.3 is 10.2 Å². The fourth-order valence-electron chi connectivity index (χ4n) is 3.47. The summed E-state index contributed by atoms with van der Waals surface area (Å²) in [4.78, 5) is 37.8. The standard InChI is InChI=1S/C13H21N5O7S/c19-11(9-3-1-2-6-14-9)15-16-12(20)10-5-4-8-7-17(10)13(21)18(8)25-26(22,23)24/h8-10,14H,1-7H2,(H,15,19)(H,16,20)(H,22,23,24)/t8-,9?,10-/m1/s1. The van der Waals surface area contributed by atoms with E-state index in [9.17, 15) is 22.8 Å². The molecule has 3 rings (SSSR count). The lowest BCUT2D eigenvalue weighted by Crippen LogP contribution is -2.57. The Labute approximate surface area is 150 Å². The SMILES string of the molecule is O=C(NNC(=O)[C@H]1CC[C@@H]2CN1C(=O)N2OS(=O)(=O)O)C1CCCCN1. The molecule has 13 heteroatoms. The van der Waals surface area contributed by atoms with Crippen LogP contribution < -0.4 is 16.2 Å². The van der Waals surface area contributed by atoms with Crippen LogP contribution in [0.1, 0.15) is 32.1 Å². The van der Waals surface area contributed by atoms with Crippen LogP contribution in [-0.2, 0) is 24.3 Å². The van der Waals surface area contributed by atoms with Crippen LogP contribution in [0.25, 0.3) is 0 Å². The van der Waals surface area contributed by atoms with Crippen molar-refractivity contribution >= 4 is 28.2 Å². The van der Waals surface area contributed by atoms with Gasteiger partial charge in [-0.25, -0.2) is 4.79 Å². The van der Waals surface area contributed by atoms with Crippen LogP contribution in [0.4, 0.5) is 4.79 Å². The normalized spacial score (nSPS) is 28.8. The van der Waals surface area contributed by atoms with Crippen molar-refractivity contribution in [1.82, 2.24) is 26.1 Å². The van der Waals surface area contributed by atoms with E-state index in [0.29, 0.717) is 17.9 Å². The van der Waals surface area contributed by atoms with Crippen LogP contribution in [0.3, 0.4) is 0 Å². The highest BCUT2D eigenvalue weighted by molar-refractivity contribution is 7.80. The molecule has 3 aliphatic rings. The first-order valence-electron chi connectivity index (χ1n) is 8.36. The zero-order chi connectivity index (χ0) is 18.9. The fraction of sp³-hybridized carbons (Fsp3) is 0.769. The highest BCUT2D eigenvalue weighted by atomic mass is 32.3. The molecular weight excluding hydrogens is 370 g/mol. The monoisotopic (exact) mass is 391 g/mol. The van der Waals surface area contributed by atoms with Crippen LogP contribution in [-0.4, -0.2) is 72.0 Å². The van der Waals surface area contributed by atoms with Crippen molar-refractivity contribution in [3.8, 4) is 0 Å². The van der Waals surface area contributed by atoms with Crippen molar-refractivity contribution in [2.45, 2.75) is 50.2 Å². The van der Waals surface area contributed by atoms with Gasteiger partial charge in [0, 0.05) is 6.54 Å². The van der Waals surface area contributed by atoms with Gasteiger partial charge in [0.1, 0.15) is 6.04 Å². The van der Waals surface area contributed by atoms with Gasteiger partial charge in [0.25, 0.3) is 11.8 Å². The minimum absolute atomic E-state index is 0.0879. The topological polar surface area (TPSA) is 157 Å². The van der Waals surface area contributed by atoms with Gasteiger partial charge in [-0.1, -0.05) is 6.42 Å². The smallest absolute Gasteiger partial charge is 0.309 e. The van der Waals surface area contributed by atoms with Crippen molar-refractivity contribution in [3.63, 3.8) is 0 Å². The summed E-state index contributed by atoms with van der Waals surface area (Å²) in [6.45, 7) is 0.826. The molecule has 0 saturated carbocycles. The van der Waals surface area contributed by atoms with Gasteiger partial charge in [0.2, 0.25) is 0 Å². The molecule has 0 spiro atoms. The molecular formula is C13H21N5O7S. The van der Waals surface area contributed by atoms with Gasteiger partial charge in [0.15, 0.2) is 0 Å². The summed E-state index contributed by atoms with van der Waals surface area (Å²) in [7, 11) is -4.84. The van der Waals surface area contributed by atoms with Crippen molar-refractivity contribution in [2.75, 3.05) is 13.1 Å². The lowest BCUT2D eigenvalue weighted by atomic mass is 10.0. The second-order valence-corrected chi connectivity index (χ2v) is 7.50. The first kappa shape index (κ1) is 18.8. The van der Waals surface area contributed by atoms with Crippen LogP contribution >= 0.6 is 0 Å². The summed E-state index contributed by atoms with van der Waals surface area (Å²) in [5.74, 6) is -0.925. The molecule has 3 atom stereocenters. The minimum atomic E-state index is -4.84. The van der Waals surface area contributed by atoms with Crippen LogP contribution in [0.2, 0.25) is 0 Å². The number of fused-ring (bicyclic) bond motifs is 2. The van der Waals surface area contributed by atoms with Gasteiger partial charge in [-0.3, -0.25) is 25.0 Å². The summed E-state index contributed by atoms with van der Waals surface area (Å²) in [5.41, 5.74) is 4.67. The van der Waals surface area contributed by atoms with Crippen molar-refractivity contribution in [2.24, 2.45) is 0 Å². The molecule has 3 aliphatic heterocycles. The zero-order valence-corrected chi connectivity index (χ0v) is 14.7. The minimum Gasteiger partial charge on any atom is -0.309 e. The number of piperidine rings is 2. The lowest BCUT2D eigenvalue weighted by Gasteiger charge is -2.29. The molecule has 0 aromatic heterocycles. The number of hydrazine groups is 1. The lowest BCUT2D eigenvalue weighted by molar-refractivity contribution is -0.133. The van der Waals surface area contributed by atoms with E-state index in [1.807, 2.05) is 0 Å². The van der Waals surface area contributed by atoms with Gasteiger partial charge in [-0.15, -0.1) is 4.28 Å².